The average molecular weight is 548 g/mol. The lowest BCUT2D eigenvalue weighted by Crippen LogP contribution is -1.93. The molecule has 0 saturated carbocycles. The van der Waals surface area contributed by atoms with Crippen LogP contribution in [0, 0.1) is 6.92 Å². The summed E-state index contributed by atoms with van der Waals surface area (Å²) in [6.07, 6.45) is 0. The first kappa shape index (κ1) is 25.2. The lowest BCUT2D eigenvalue weighted by atomic mass is 9.84. The lowest BCUT2D eigenvalue weighted by molar-refractivity contribution is 1.21. The summed E-state index contributed by atoms with van der Waals surface area (Å²) in [6.45, 7) is 2.04. The van der Waals surface area contributed by atoms with E-state index in [1.54, 1.807) is 0 Å². The van der Waals surface area contributed by atoms with Gasteiger partial charge < -0.3 is 0 Å². The van der Waals surface area contributed by atoms with Gasteiger partial charge in [0.25, 0.3) is 0 Å². The number of aryl methyl sites for hydroxylation is 1. The van der Waals surface area contributed by atoms with E-state index in [9.17, 15) is 0 Å². The molecule has 0 saturated heterocycles. The van der Waals surface area contributed by atoms with Crippen molar-refractivity contribution in [3.63, 3.8) is 0 Å². The van der Waals surface area contributed by atoms with Crippen LogP contribution in [0.2, 0.25) is 0 Å². The molecule has 8 aromatic rings. The Morgan fingerprint density at radius 3 is 1.51 bits per heavy atom. The van der Waals surface area contributed by atoms with Gasteiger partial charge in [-0.3, -0.25) is 4.98 Å². The topological polar surface area (TPSA) is 12.9 Å². The second-order valence-electron chi connectivity index (χ2n) is 11.2. The Morgan fingerprint density at radius 2 is 0.837 bits per heavy atom. The predicted molar refractivity (Wildman–Crippen MR) is 183 cm³/mol. The van der Waals surface area contributed by atoms with E-state index in [1.807, 2.05) is 13.0 Å². The SMILES string of the molecule is Cc1cccc(-c2cccc(-c3c4ccccc4c(-c4cccc5c(-c6ccccc6)cccc45)c4ccccc34)c2)n1. The average Bonchev–Trinajstić information content (AvgIpc) is 3.07. The van der Waals surface area contributed by atoms with E-state index in [0.29, 0.717) is 0 Å². The number of hydrogen-bond acceptors (Lipinski definition) is 1. The molecule has 0 amide bonds. The van der Waals surface area contributed by atoms with Crippen LogP contribution in [0.1, 0.15) is 5.69 Å². The van der Waals surface area contributed by atoms with Crippen LogP contribution in [-0.4, -0.2) is 4.98 Å². The first-order valence-electron chi connectivity index (χ1n) is 14.8. The fourth-order valence-electron chi connectivity index (χ4n) is 6.66. The smallest absolute Gasteiger partial charge is 0.0705 e. The van der Waals surface area contributed by atoms with Crippen LogP contribution < -0.4 is 0 Å². The summed E-state index contributed by atoms with van der Waals surface area (Å²) in [5.74, 6) is 0. The highest BCUT2D eigenvalue weighted by Gasteiger charge is 2.18. The van der Waals surface area contributed by atoms with Crippen LogP contribution in [0.5, 0.6) is 0 Å². The number of aromatic nitrogens is 1. The van der Waals surface area contributed by atoms with Crippen molar-refractivity contribution in [2.75, 3.05) is 0 Å². The molecule has 0 aliphatic heterocycles. The van der Waals surface area contributed by atoms with Crippen molar-refractivity contribution in [1.29, 1.82) is 0 Å². The van der Waals surface area contributed by atoms with Crippen molar-refractivity contribution in [3.05, 3.63) is 163 Å². The molecule has 1 heteroatoms. The molecule has 202 valence electrons. The number of nitrogens with zero attached hydrogens (tertiary/aromatic N) is 1. The van der Waals surface area contributed by atoms with Gasteiger partial charge in [-0.1, -0.05) is 140 Å². The second kappa shape index (κ2) is 10.4. The quantitative estimate of drug-likeness (QED) is 0.200. The highest BCUT2D eigenvalue weighted by molar-refractivity contribution is 6.24. The fraction of sp³-hybridized carbons (Fsp3) is 0.0238. The number of hydrogen-bond donors (Lipinski definition) is 0. The van der Waals surface area contributed by atoms with E-state index < -0.39 is 0 Å². The molecule has 0 fully saturated rings. The Bertz CT molecular complexity index is 2240. The maximum atomic E-state index is 4.81. The molecule has 1 heterocycles. The van der Waals surface area contributed by atoms with Crippen molar-refractivity contribution >= 4 is 32.3 Å². The van der Waals surface area contributed by atoms with Crippen molar-refractivity contribution in [2.45, 2.75) is 6.92 Å². The third kappa shape index (κ3) is 4.29. The minimum Gasteiger partial charge on any atom is -0.253 e. The van der Waals surface area contributed by atoms with Crippen LogP contribution in [0.4, 0.5) is 0 Å². The molecule has 1 nitrogen and oxygen atoms in total. The summed E-state index contributed by atoms with van der Waals surface area (Å²) in [5.41, 5.74) is 10.6. The predicted octanol–water partition coefficient (Wildman–Crippen LogP) is 11.5. The minimum atomic E-state index is 0.997. The summed E-state index contributed by atoms with van der Waals surface area (Å²) in [6, 6.07) is 57.0. The molecule has 0 spiro atoms. The summed E-state index contributed by atoms with van der Waals surface area (Å²) in [4.78, 5) is 4.81. The van der Waals surface area contributed by atoms with Gasteiger partial charge in [-0.2, -0.15) is 0 Å². The van der Waals surface area contributed by atoms with E-state index in [0.717, 1.165) is 17.0 Å². The third-order valence-corrected chi connectivity index (χ3v) is 8.54. The molecule has 1 aromatic heterocycles. The number of benzene rings is 7. The lowest BCUT2D eigenvalue weighted by Gasteiger charge is -2.19. The van der Waals surface area contributed by atoms with Crippen LogP contribution in [0.3, 0.4) is 0 Å². The molecular weight excluding hydrogens is 518 g/mol. The largest absolute Gasteiger partial charge is 0.253 e. The van der Waals surface area contributed by atoms with Crippen LogP contribution >= 0.6 is 0 Å². The van der Waals surface area contributed by atoms with Crippen LogP contribution in [0.25, 0.3) is 77.0 Å². The standard InChI is InChI=1S/C42H29N/c1-28-13-9-26-40(43-28)30-16-10-17-31(27-30)41-36-18-5-7-20-38(36)42(39-21-8-6-19-37(39)41)35-25-12-23-33-32(22-11-24-34(33)35)29-14-3-2-4-15-29/h2-27H,1H3. The van der Waals surface area contributed by atoms with Gasteiger partial charge in [-0.15, -0.1) is 0 Å². The zero-order chi connectivity index (χ0) is 28.8. The number of fused-ring (bicyclic) bond motifs is 3. The van der Waals surface area contributed by atoms with Crippen molar-refractivity contribution in [1.82, 2.24) is 4.98 Å². The molecule has 0 radical (unpaired) electrons. The molecule has 0 bridgehead atoms. The summed E-state index contributed by atoms with van der Waals surface area (Å²) < 4.78 is 0. The Labute approximate surface area is 251 Å². The Morgan fingerprint density at radius 1 is 0.349 bits per heavy atom. The first-order valence-corrected chi connectivity index (χ1v) is 14.8. The van der Waals surface area contributed by atoms with Gasteiger partial charge >= 0.3 is 0 Å². The van der Waals surface area contributed by atoms with Gasteiger partial charge in [0, 0.05) is 11.3 Å². The van der Waals surface area contributed by atoms with Crippen LogP contribution in [0.15, 0.2) is 158 Å². The second-order valence-corrected chi connectivity index (χ2v) is 11.2. The highest BCUT2D eigenvalue weighted by Crippen LogP contribution is 2.46. The number of rotatable bonds is 4. The normalized spacial score (nSPS) is 11.4. The van der Waals surface area contributed by atoms with Gasteiger partial charge in [0.05, 0.1) is 5.69 Å². The van der Waals surface area contributed by atoms with Gasteiger partial charge in [-0.25, -0.2) is 0 Å². The van der Waals surface area contributed by atoms with E-state index in [4.69, 9.17) is 4.98 Å². The first-order chi connectivity index (χ1) is 21.3. The Kier molecular flexibility index (Phi) is 6.09. The summed E-state index contributed by atoms with van der Waals surface area (Å²) in [5, 5.41) is 7.55. The molecule has 0 unspecified atom stereocenters. The zero-order valence-corrected chi connectivity index (χ0v) is 24.0. The van der Waals surface area contributed by atoms with E-state index in [-0.39, 0.29) is 0 Å². The van der Waals surface area contributed by atoms with E-state index >= 15 is 0 Å². The zero-order valence-electron chi connectivity index (χ0n) is 24.0. The fourth-order valence-corrected chi connectivity index (χ4v) is 6.66. The maximum Gasteiger partial charge on any atom is 0.0705 e. The van der Waals surface area contributed by atoms with Crippen molar-refractivity contribution in [3.8, 4) is 44.6 Å². The van der Waals surface area contributed by atoms with Crippen LogP contribution in [-0.2, 0) is 0 Å². The summed E-state index contributed by atoms with van der Waals surface area (Å²) in [7, 11) is 0. The van der Waals surface area contributed by atoms with Gasteiger partial charge in [0.2, 0.25) is 0 Å². The molecule has 0 atom stereocenters. The highest BCUT2D eigenvalue weighted by atomic mass is 14.7. The molecular formula is C42H29N. The molecule has 0 aliphatic rings. The molecule has 7 aromatic carbocycles. The minimum absolute atomic E-state index is 0.997. The molecule has 0 N–H and O–H groups in total. The van der Waals surface area contributed by atoms with Gasteiger partial charge in [0.1, 0.15) is 0 Å². The third-order valence-electron chi connectivity index (χ3n) is 8.54. The van der Waals surface area contributed by atoms with Crippen molar-refractivity contribution < 1.29 is 0 Å². The monoisotopic (exact) mass is 547 g/mol. The Balaban J connectivity index is 1.43. The summed E-state index contributed by atoms with van der Waals surface area (Å²) >= 11 is 0. The number of pyridine rings is 1. The van der Waals surface area contributed by atoms with Gasteiger partial charge in [-0.05, 0) is 90.8 Å². The molecule has 8 rings (SSSR count). The molecule has 0 aliphatic carbocycles. The molecule has 43 heavy (non-hydrogen) atoms. The van der Waals surface area contributed by atoms with E-state index in [2.05, 4.69) is 152 Å². The maximum absolute atomic E-state index is 4.81. The van der Waals surface area contributed by atoms with E-state index in [1.165, 1.54) is 65.7 Å². The Hall–Kier alpha value is -5.53. The van der Waals surface area contributed by atoms with Crippen molar-refractivity contribution in [2.24, 2.45) is 0 Å². The van der Waals surface area contributed by atoms with Gasteiger partial charge in [0.15, 0.2) is 0 Å².